The summed E-state index contributed by atoms with van der Waals surface area (Å²) in [5.74, 6) is -0.983. The first-order valence-corrected chi connectivity index (χ1v) is 6.67. The zero-order valence-corrected chi connectivity index (χ0v) is 13.1. The Morgan fingerprint density at radius 1 is 1.13 bits per heavy atom. The fourth-order valence-electron chi connectivity index (χ4n) is 2.10. The minimum Gasteiger partial charge on any atom is -0.354 e. The molecule has 0 bridgehead atoms. The number of benzene rings is 2. The van der Waals surface area contributed by atoms with Crippen molar-refractivity contribution in [3.63, 3.8) is 0 Å². The number of hydrogen-bond acceptors (Lipinski definition) is 3. The topological polar surface area (TPSA) is 48.7 Å². The molecular formula is C16H9Cl2F2N3. The standard InChI is InChI=1S/C16H8ClF2N3.ClH/c17-13-6-11(2-3-14(13)19)22-16-9(7-20)8-21-15-4-1-10(18)5-12(15)16;/h1-6,8H,(H,21,22);1H. The SMILES string of the molecule is Cl.N#Cc1cnc2ccc(F)cc2c1Nc1ccc(F)c(Cl)c1. The Kier molecular flexibility index (Phi) is 4.99. The van der Waals surface area contributed by atoms with Crippen molar-refractivity contribution in [3.05, 3.63) is 64.8 Å². The summed E-state index contributed by atoms with van der Waals surface area (Å²) in [4.78, 5) is 4.11. The summed E-state index contributed by atoms with van der Waals surface area (Å²) in [6, 6.07) is 10.2. The van der Waals surface area contributed by atoms with Crippen molar-refractivity contribution in [1.82, 2.24) is 4.98 Å². The Hall–Kier alpha value is -2.42. The molecule has 0 amide bonds. The number of nitrogens with zero attached hydrogens (tertiary/aromatic N) is 2. The lowest BCUT2D eigenvalue weighted by atomic mass is 10.1. The Labute approximate surface area is 141 Å². The van der Waals surface area contributed by atoms with Crippen LogP contribution in [-0.2, 0) is 0 Å². The Bertz CT molecular complexity index is 923. The predicted octanol–water partition coefficient (Wildman–Crippen LogP) is 5.20. The molecule has 7 heteroatoms. The van der Waals surface area contributed by atoms with Crippen LogP contribution in [0.25, 0.3) is 10.9 Å². The number of halogens is 4. The summed E-state index contributed by atoms with van der Waals surface area (Å²) in [5, 5.41) is 12.6. The molecule has 3 nitrogen and oxygen atoms in total. The van der Waals surface area contributed by atoms with E-state index in [-0.39, 0.29) is 23.0 Å². The number of anilines is 2. The lowest BCUT2D eigenvalue weighted by molar-refractivity contribution is 0.628. The van der Waals surface area contributed by atoms with Crippen LogP contribution in [0.3, 0.4) is 0 Å². The molecule has 0 fully saturated rings. The van der Waals surface area contributed by atoms with Crippen molar-refractivity contribution in [2.24, 2.45) is 0 Å². The van der Waals surface area contributed by atoms with Crippen molar-refractivity contribution in [2.75, 3.05) is 5.32 Å². The summed E-state index contributed by atoms with van der Waals surface area (Å²) in [5.41, 5.74) is 1.67. The van der Waals surface area contributed by atoms with Gasteiger partial charge in [0, 0.05) is 17.3 Å². The van der Waals surface area contributed by atoms with Crippen molar-refractivity contribution in [2.45, 2.75) is 0 Å². The third kappa shape index (κ3) is 3.34. The molecule has 0 spiro atoms. The average Bonchev–Trinajstić information content (AvgIpc) is 2.51. The lowest BCUT2D eigenvalue weighted by Crippen LogP contribution is -1.97. The van der Waals surface area contributed by atoms with Gasteiger partial charge in [-0.1, -0.05) is 11.6 Å². The van der Waals surface area contributed by atoms with E-state index in [4.69, 9.17) is 11.6 Å². The molecule has 1 N–H and O–H groups in total. The molecule has 0 saturated heterocycles. The highest BCUT2D eigenvalue weighted by molar-refractivity contribution is 6.31. The van der Waals surface area contributed by atoms with Crippen LogP contribution < -0.4 is 5.32 Å². The minimum atomic E-state index is -0.543. The number of nitrogens with one attached hydrogen (secondary N) is 1. The first-order chi connectivity index (χ1) is 10.6. The van der Waals surface area contributed by atoms with Crippen LogP contribution >= 0.6 is 24.0 Å². The van der Waals surface area contributed by atoms with E-state index in [0.717, 1.165) is 0 Å². The van der Waals surface area contributed by atoms with Gasteiger partial charge in [0.1, 0.15) is 17.7 Å². The molecule has 0 aliphatic rings. The fourth-order valence-corrected chi connectivity index (χ4v) is 2.28. The minimum absolute atomic E-state index is 0. The maximum atomic E-state index is 13.5. The molecule has 0 saturated carbocycles. The van der Waals surface area contributed by atoms with E-state index in [1.807, 2.05) is 6.07 Å². The normalized spacial score (nSPS) is 10.0. The molecule has 3 aromatic rings. The third-order valence-electron chi connectivity index (χ3n) is 3.14. The first-order valence-electron chi connectivity index (χ1n) is 6.29. The zero-order valence-electron chi connectivity index (χ0n) is 11.5. The van der Waals surface area contributed by atoms with Crippen molar-refractivity contribution in [1.29, 1.82) is 5.26 Å². The van der Waals surface area contributed by atoms with E-state index in [2.05, 4.69) is 10.3 Å². The van der Waals surface area contributed by atoms with Crippen molar-refractivity contribution >= 4 is 46.3 Å². The van der Waals surface area contributed by atoms with Crippen molar-refractivity contribution in [3.8, 4) is 6.07 Å². The second-order valence-corrected chi connectivity index (χ2v) is 4.98. The molecule has 2 aromatic carbocycles. The van der Waals surface area contributed by atoms with Gasteiger partial charge in [-0.3, -0.25) is 4.98 Å². The van der Waals surface area contributed by atoms with E-state index < -0.39 is 11.6 Å². The molecular weight excluding hydrogens is 343 g/mol. The van der Waals surface area contributed by atoms with Crippen LogP contribution in [0.15, 0.2) is 42.6 Å². The van der Waals surface area contributed by atoms with E-state index >= 15 is 0 Å². The maximum absolute atomic E-state index is 13.5. The largest absolute Gasteiger partial charge is 0.354 e. The van der Waals surface area contributed by atoms with Crippen LogP contribution in [0.5, 0.6) is 0 Å². The average molecular weight is 352 g/mol. The van der Waals surface area contributed by atoms with Gasteiger partial charge in [-0.2, -0.15) is 5.26 Å². The molecule has 0 aliphatic heterocycles. The molecule has 0 aliphatic carbocycles. The summed E-state index contributed by atoms with van der Waals surface area (Å²) in [6.07, 6.45) is 1.40. The van der Waals surface area contributed by atoms with Crippen LogP contribution in [-0.4, -0.2) is 4.98 Å². The summed E-state index contributed by atoms with van der Waals surface area (Å²) in [6.45, 7) is 0. The molecule has 3 rings (SSSR count). The first kappa shape index (κ1) is 16.9. The number of rotatable bonds is 2. The van der Waals surface area contributed by atoms with Gasteiger partial charge < -0.3 is 5.32 Å². The number of fused-ring (bicyclic) bond motifs is 1. The zero-order chi connectivity index (χ0) is 15.7. The Morgan fingerprint density at radius 2 is 1.91 bits per heavy atom. The van der Waals surface area contributed by atoms with E-state index in [1.54, 1.807) is 0 Å². The van der Waals surface area contributed by atoms with Crippen LogP contribution in [0, 0.1) is 23.0 Å². The van der Waals surface area contributed by atoms with Gasteiger partial charge in [-0.25, -0.2) is 8.78 Å². The molecule has 23 heavy (non-hydrogen) atoms. The summed E-state index contributed by atoms with van der Waals surface area (Å²) in [7, 11) is 0. The van der Waals surface area contributed by atoms with Gasteiger partial charge in [-0.05, 0) is 36.4 Å². The van der Waals surface area contributed by atoms with Crippen LogP contribution in [0.1, 0.15) is 5.56 Å². The predicted molar refractivity (Wildman–Crippen MR) is 88.4 cm³/mol. The molecule has 0 radical (unpaired) electrons. The molecule has 1 heterocycles. The van der Waals surface area contributed by atoms with E-state index in [0.29, 0.717) is 22.3 Å². The van der Waals surface area contributed by atoms with Gasteiger partial charge in [0.25, 0.3) is 0 Å². The smallest absolute Gasteiger partial charge is 0.141 e. The number of nitriles is 1. The number of aromatic nitrogens is 1. The van der Waals surface area contributed by atoms with E-state index in [1.165, 1.54) is 42.6 Å². The van der Waals surface area contributed by atoms with Gasteiger partial charge in [-0.15, -0.1) is 12.4 Å². The third-order valence-corrected chi connectivity index (χ3v) is 3.43. The molecule has 116 valence electrons. The molecule has 1 aromatic heterocycles. The molecule has 0 atom stereocenters. The Morgan fingerprint density at radius 3 is 2.61 bits per heavy atom. The number of hydrogen-bond donors (Lipinski definition) is 1. The summed E-state index contributed by atoms with van der Waals surface area (Å²) < 4.78 is 26.7. The van der Waals surface area contributed by atoms with Gasteiger partial charge in [0.05, 0.1) is 21.8 Å². The second-order valence-electron chi connectivity index (χ2n) is 4.57. The highest BCUT2D eigenvalue weighted by Crippen LogP contribution is 2.30. The van der Waals surface area contributed by atoms with Crippen molar-refractivity contribution < 1.29 is 8.78 Å². The Balaban J connectivity index is 0.00000192. The molecule has 0 unspecified atom stereocenters. The van der Waals surface area contributed by atoms with E-state index in [9.17, 15) is 14.0 Å². The number of pyridine rings is 1. The monoisotopic (exact) mass is 351 g/mol. The van der Waals surface area contributed by atoms with Crippen LogP contribution in [0.2, 0.25) is 5.02 Å². The summed E-state index contributed by atoms with van der Waals surface area (Å²) >= 11 is 5.74. The highest BCUT2D eigenvalue weighted by Gasteiger charge is 2.11. The van der Waals surface area contributed by atoms with Gasteiger partial charge in [0.2, 0.25) is 0 Å². The van der Waals surface area contributed by atoms with Gasteiger partial charge >= 0.3 is 0 Å². The highest BCUT2D eigenvalue weighted by atomic mass is 35.5. The fraction of sp³-hybridized carbons (Fsp3) is 0. The van der Waals surface area contributed by atoms with Gasteiger partial charge in [0.15, 0.2) is 0 Å². The quantitative estimate of drug-likeness (QED) is 0.689. The lowest BCUT2D eigenvalue weighted by Gasteiger charge is -2.12. The second kappa shape index (κ2) is 6.78. The van der Waals surface area contributed by atoms with Crippen LogP contribution in [0.4, 0.5) is 20.2 Å². The maximum Gasteiger partial charge on any atom is 0.141 e.